The van der Waals surface area contributed by atoms with Crippen LogP contribution in [-0.4, -0.2) is 34.5 Å². The topological polar surface area (TPSA) is 85.1 Å². The van der Waals surface area contributed by atoms with Crippen molar-refractivity contribution in [2.45, 2.75) is 13.5 Å². The molecule has 1 fully saturated rings. The Labute approximate surface area is 218 Å². The van der Waals surface area contributed by atoms with E-state index in [2.05, 4.69) is 0 Å². The first-order valence-electron chi connectivity index (χ1n) is 11.0. The number of nitrogens with zero attached hydrogens (tertiary/aromatic N) is 3. The van der Waals surface area contributed by atoms with Crippen LogP contribution in [0.15, 0.2) is 72.4 Å². The third kappa shape index (κ3) is 5.32. The Bertz CT molecular complexity index is 1360. The maximum Gasteiger partial charge on any atom is 0.281 e. The Hall–Kier alpha value is -3.95. The van der Waals surface area contributed by atoms with Crippen molar-refractivity contribution in [2.24, 2.45) is 0 Å². The summed E-state index contributed by atoms with van der Waals surface area (Å²) in [6.07, 6.45) is 1.71. The SMILES string of the molecule is CCOc1ccc(N2C(=O)/C(=C/c3ccc(OCc4cccc([N+](=O)[O-])c4)c(Cl)c3)N(C)C2=S)cc1. The average molecular weight is 524 g/mol. The molecule has 3 aromatic rings. The summed E-state index contributed by atoms with van der Waals surface area (Å²) in [6.45, 7) is 2.58. The van der Waals surface area contributed by atoms with E-state index in [1.54, 1.807) is 72.6 Å². The second kappa shape index (κ2) is 10.8. The van der Waals surface area contributed by atoms with Crippen molar-refractivity contribution in [1.82, 2.24) is 4.90 Å². The summed E-state index contributed by atoms with van der Waals surface area (Å²) in [5.74, 6) is 0.877. The van der Waals surface area contributed by atoms with E-state index in [9.17, 15) is 14.9 Å². The highest BCUT2D eigenvalue weighted by Gasteiger charge is 2.36. The molecule has 0 radical (unpaired) electrons. The van der Waals surface area contributed by atoms with Crippen molar-refractivity contribution in [1.29, 1.82) is 0 Å². The summed E-state index contributed by atoms with van der Waals surface area (Å²) in [5, 5.41) is 11.7. The van der Waals surface area contributed by atoms with Gasteiger partial charge in [0.1, 0.15) is 23.8 Å². The van der Waals surface area contributed by atoms with Gasteiger partial charge in [0.2, 0.25) is 0 Å². The molecule has 0 unspecified atom stereocenters. The van der Waals surface area contributed by atoms with Gasteiger partial charge >= 0.3 is 0 Å². The lowest BCUT2D eigenvalue weighted by molar-refractivity contribution is -0.384. The number of benzene rings is 3. The number of hydrogen-bond donors (Lipinski definition) is 0. The monoisotopic (exact) mass is 523 g/mol. The number of carbonyl (C=O) groups excluding carboxylic acids is 1. The minimum Gasteiger partial charge on any atom is -0.494 e. The molecular formula is C26H22ClN3O5S. The van der Waals surface area contributed by atoms with Crippen LogP contribution in [0, 0.1) is 10.1 Å². The number of thiocarbonyl (C=S) groups is 1. The zero-order valence-electron chi connectivity index (χ0n) is 19.5. The van der Waals surface area contributed by atoms with Crippen molar-refractivity contribution in [3.05, 3.63) is 98.7 Å². The zero-order chi connectivity index (χ0) is 25.8. The Kier molecular flexibility index (Phi) is 7.52. The predicted octanol–water partition coefficient (Wildman–Crippen LogP) is 5.83. The van der Waals surface area contributed by atoms with Gasteiger partial charge in [-0.15, -0.1) is 0 Å². The lowest BCUT2D eigenvalue weighted by atomic mass is 10.1. The van der Waals surface area contributed by atoms with E-state index >= 15 is 0 Å². The average Bonchev–Trinajstić information content (AvgIpc) is 3.07. The van der Waals surface area contributed by atoms with Gasteiger partial charge in [-0.25, -0.2) is 0 Å². The van der Waals surface area contributed by atoms with Crippen molar-refractivity contribution in [2.75, 3.05) is 18.6 Å². The summed E-state index contributed by atoms with van der Waals surface area (Å²) in [7, 11) is 1.73. The number of likely N-dealkylation sites (N-methyl/N-ethyl adjacent to an activating group) is 1. The van der Waals surface area contributed by atoms with E-state index < -0.39 is 4.92 Å². The third-order valence-electron chi connectivity index (χ3n) is 5.44. The second-order valence-electron chi connectivity index (χ2n) is 7.84. The van der Waals surface area contributed by atoms with Crippen molar-refractivity contribution in [3.63, 3.8) is 0 Å². The highest BCUT2D eigenvalue weighted by Crippen LogP contribution is 2.31. The first kappa shape index (κ1) is 25.2. The summed E-state index contributed by atoms with van der Waals surface area (Å²) >= 11 is 11.9. The number of hydrogen-bond acceptors (Lipinski definition) is 6. The van der Waals surface area contributed by atoms with Crippen LogP contribution < -0.4 is 14.4 Å². The molecule has 0 spiro atoms. The number of amides is 1. The first-order chi connectivity index (χ1) is 17.3. The van der Waals surface area contributed by atoms with E-state index in [0.717, 1.165) is 0 Å². The molecule has 3 aromatic carbocycles. The molecule has 0 aliphatic carbocycles. The molecular weight excluding hydrogens is 502 g/mol. The van der Waals surface area contributed by atoms with Crippen LogP contribution in [0.5, 0.6) is 11.5 Å². The molecule has 184 valence electrons. The largest absolute Gasteiger partial charge is 0.494 e. The predicted molar refractivity (Wildman–Crippen MR) is 142 cm³/mol. The lowest BCUT2D eigenvalue weighted by Gasteiger charge is -2.16. The molecule has 1 aliphatic rings. The maximum atomic E-state index is 13.2. The highest BCUT2D eigenvalue weighted by molar-refractivity contribution is 7.80. The fraction of sp³-hybridized carbons (Fsp3) is 0.154. The van der Waals surface area contributed by atoms with Gasteiger partial charge < -0.3 is 14.4 Å². The van der Waals surface area contributed by atoms with E-state index in [-0.39, 0.29) is 18.2 Å². The molecule has 1 aliphatic heterocycles. The molecule has 1 saturated heterocycles. The van der Waals surface area contributed by atoms with E-state index in [0.29, 0.717) is 50.8 Å². The third-order valence-corrected chi connectivity index (χ3v) is 6.19. The number of rotatable bonds is 8. The van der Waals surface area contributed by atoms with Gasteiger partial charge in [-0.2, -0.15) is 0 Å². The number of anilines is 1. The van der Waals surface area contributed by atoms with Gasteiger partial charge in [0.05, 0.1) is 22.2 Å². The minimum atomic E-state index is -0.456. The number of nitro groups is 1. The number of ether oxygens (including phenoxy) is 2. The van der Waals surface area contributed by atoms with Crippen LogP contribution in [0.3, 0.4) is 0 Å². The van der Waals surface area contributed by atoms with Gasteiger partial charge in [-0.05, 0) is 72.7 Å². The van der Waals surface area contributed by atoms with Gasteiger partial charge in [0.25, 0.3) is 11.6 Å². The molecule has 10 heteroatoms. The van der Waals surface area contributed by atoms with Crippen molar-refractivity contribution < 1.29 is 19.2 Å². The van der Waals surface area contributed by atoms with Crippen molar-refractivity contribution in [3.8, 4) is 11.5 Å². The van der Waals surface area contributed by atoms with E-state index in [4.69, 9.17) is 33.3 Å². The van der Waals surface area contributed by atoms with Crippen LogP contribution in [0.25, 0.3) is 6.08 Å². The summed E-state index contributed by atoms with van der Waals surface area (Å²) < 4.78 is 11.2. The maximum absolute atomic E-state index is 13.2. The molecule has 1 heterocycles. The van der Waals surface area contributed by atoms with Crippen LogP contribution in [0.2, 0.25) is 5.02 Å². The zero-order valence-corrected chi connectivity index (χ0v) is 21.1. The van der Waals surface area contributed by atoms with Crippen molar-refractivity contribution >= 4 is 52.3 Å². The van der Waals surface area contributed by atoms with Gasteiger partial charge in [0, 0.05) is 19.2 Å². The number of nitro benzene ring substituents is 1. The highest BCUT2D eigenvalue weighted by atomic mass is 35.5. The molecule has 1 amide bonds. The lowest BCUT2D eigenvalue weighted by Crippen LogP contribution is -2.31. The number of halogens is 1. The fourth-order valence-electron chi connectivity index (χ4n) is 3.64. The number of non-ortho nitro benzene ring substituents is 1. The van der Waals surface area contributed by atoms with Crippen LogP contribution in [0.4, 0.5) is 11.4 Å². The Morgan fingerprint density at radius 1 is 1.08 bits per heavy atom. The molecule has 0 saturated carbocycles. The summed E-state index contributed by atoms with van der Waals surface area (Å²) in [6, 6.07) is 18.5. The van der Waals surface area contributed by atoms with Gasteiger partial charge in [-0.3, -0.25) is 19.8 Å². The van der Waals surface area contributed by atoms with Gasteiger partial charge in [0.15, 0.2) is 5.11 Å². The normalized spacial score (nSPS) is 14.5. The quantitative estimate of drug-likeness (QED) is 0.159. The summed E-state index contributed by atoms with van der Waals surface area (Å²) in [4.78, 5) is 26.8. The standard InChI is InChI=1S/C26H22ClN3O5S/c1-3-34-21-10-8-19(9-11-21)29-25(31)23(28(2)26(29)36)15-17-7-12-24(22(27)14-17)35-16-18-5-4-6-20(13-18)30(32)33/h4-15H,3,16H2,1-2H3/b23-15-. The molecule has 0 N–H and O–H groups in total. The fourth-order valence-corrected chi connectivity index (χ4v) is 4.18. The first-order valence-corrected chi connectivity index (χ1v) is 11.8. The van der Waals surface area contributed by atoms with E-state index in [1.807, 2.05) is 6.92 Å². The second-order valence-corrected chi connectivity index (χ2v) is 8.62. The molecule has 8 nitrogen and oxygen atoms in total. The summed E-state index contributed by atoms with van der Waals surface area (Å²) in [5.41, 5.74) is 2.37. The molecule has 4 rings (SSSR count). The Morgan fingerprint density at radius 3 is 2.50 bits per heavy atom. The molecule has 0 bridgehead atoms. The van der Waals surface area contributed by atoms with Gasteiger partial charge in [-0.1, -0.05) is 29.8 Å². The van der Waals surface area contributed by atoms with Crippen LogP contribution in [0.1, 0.15) is 18.1 Å². The minimum absolute atomic E-state index is 0.00767. The Morgan fingerprint density at radius 2 is 1.83 bits per heavy atom. The Balaban J connectivity index is 1.50. The smallest absolute Gasteiger partial charge is 0.281 e. The number of carbonyl (C=O) groups is 1. The molecule has 0 aromatic heterocycles. The molecule has 36 heavy (non-hydrogen) atoms. The van der Waals surface area contributed by atoms with Crippen LogP contribution >= 0.6 is 23.8 Å². The van der Waals surface area contributed by atoms with E-state index in [1.165, 1.54) is 17.0 Å². The van der Waals surface area contributed by atoms with Crippen LogP contribution in [-0.2, 0) is 11.4 Å². The molecule has 0 atom stereocenters.